The molecular formula is C33H42N6O2. The Balaban J connectivity index is 1.19. The average molecular weight is 555 g/mol. The van der Waals surface area contributed by atoms with Gasteiger partial charge in [0.25, 0.3) is 5.56 Å². The fraction of sp³-hybridized carbons (Fsp3) is 0.545. The van der Waals surface area contributed by atoms with Crippen molar-refractivity contribution in [1.29, 1.82) is 0 Å². The number of hydrogen-bond donors (Lipinski definition) is 3. The maximum Gasteiger partial charge on any atom is 0.261 e. The van der Waals surface area contributed by atoms with Gasteiger partial charge in [0.15, 0.2) is 5.96 Å². The minimum Gasteiger partial charge on any atom is -0.390 e. The summed E-state index contributed by atoms with van der Waals surface area (Å²) in [6.07, 6.45) is 3.97. The molecule has 1 saturated heterocycles. The van der Waals surface area contributed by atoms with E-state index >= 15 is 0 Å². The molecule has 0 spiro atoms. The minimum atomic E-state index is -0.649. The van der Waals surface area contributed by atoms with Crippen molar-refractivity contribution in [3.63, 3.8) is 0 Å². The highest BCUT2D eigenvalue weighted by atomic mass is 16.3. The van der Waals surface area contributed by atoms with Crippen molar-refractivity contribution in [2.75, 3.05) is 25.0 Å². The van der Waals surface area contributed by atoms with Crippen LogP contribution in [0.1, 0.15) is 57.7 Å². The van der Waals surface area contributed by atoms with Crippen LogP contribution in [0, 0.1) is 23.2 Å². The number of aromatic nitrogens is 2. The van der Waals surface area contributed by atoms with Crippen molar-refractivity contribution >= 4 is 22.5 Å². The smallest absolute Gasteiger partial charge is 0.261 e. The highest BCUT2D eigenvalue weighted by Crippen LogP contribution is 2.61. The molecule has 2 heterocycles. The van der Waals surface area contributed by atoms with Gasteiger partial charge in [0.1, 0.15) is 0 Å². The molecule has 3 N–H and O–H groups in total. The zero-order valence-corrected chi connectivity index (χ0v) is 24.5. The molecule has 8 nitrogen and oxygen atoms in total. The summed E-state index contributed by atoms with van der Waals surface area (Å²) >= 11 is 0. The summed E-state index contributed by atoms with van der Waals surface area (Å²) in [4.78, 5) is 26.1. The molecule has 4 fully saturated rings. The van der Waals surface area contributed by atoms with E-state index in [1.807, 2.05) is 42.5 Å². The zero-order chi connectivity index (χ0) is 28.5. The fourth-order valence-corrected chi connectivity index (χ4v) is 8.20. The van der Waals surface area contributed by atoms with Gasteiger partial charge in [-0.25, -0.2) is 9.98 Å². The monoisotopic (exact) mass is 554 g/mol. The van der Waals surface area contributed by atoms with Crippen LogP contribution < -0.4 is 16.2 Å². The van der Waals surface area contributed by atoms with Crippen LogP contribution in [0.2, 0.25) is 0 Å². The topological polar surface area (TPSA) is 94.8 Å². The van der Waals surface area contributed by atoms with Crippen LogP contribution >= 0.6 is 0 Å². The van der Waals surface area contributed by atoms with Crippen LogP contribution in [-0.2, 0) is 6.42 Å². The van der Waals surface area contributed by atoms with Crippen LogP contribution in [0.15, 0.2) is 58.6 Å². The predicted octanol–water partition coefficient (Wildman–Crippen LogP) is 4.04. The van der Waals surface area contributed by atoms with Gasteiger partial charge in [0.2, 0.25) is 0 Å². The van der Waals surface area contributed by atoms with Crippen LogP contribution in [-0.4, -0.2) is 63.3 Å². The number of hydrogen-bond acceptors (Lipinski definition) is 5. The van der Waals surface area contributed by atoms with Crippen molar-refractivity contribution in [2.24, 2.45) is 28.2 Å². The Morgan fingerprint density at radius 2 is 2.00 bits per heavy atom. The number of anilines is 1. The van der Waals surface area contributed by atoms with Gasteiger partial charge in [-0.2, -0.15) is 0 Å². The maximum atomic E-state index is 13.6. The van der Waals surface area contributed by atoms with E-state index in [-0.39, 0.29) is 5.56 Å². The van der Waals surface area contributed by atoms with Gasteiger partial charge in [-0.05, 0) is 72.3 Å². The molecule has 4 aliphatic carbocycles. The first-order valence-corrected chi connectivity index (χ1v) is 15.3. The number of piperazine rings is 1. The number of aliphatic hydroxyl groups excluding tert-OH is 1. The number of rotatable bonds is 3. The summed E-state index contributed by atoms with van der Waals surface area (Å²) in [5.74, 6) is 2.96. The van der Waals surface area contributed by atoms with Crippen LogP contribution in [0.4, 0.5) is 5.69 Å². The lowest BCUT2D eigenvalue weighted by Crippen LogP contribution is -2.57. The Hall–Kier alpha value is -3.23. The van der Waals surface area contributed by atoms with E-state index in [1.165, 1.54) is 6.42 Å². The Labute approximate surface area is 241 Å². The average Bonchev–Trinajstić information content (AvgIpc) is 3.29. The van der Waals surface area contributed by atoms with E-state index in [2.05, 4.69) is 43.2 Å². The zero-order valence-electron chi connectivity index (χ0n) is 24.5. The lowest BCUT2D eigenvalue weighted by Gasteiger charge is -2.61. The Kier molecular flexibility index (Phi) is 6.47. The lowest BCUT2D eigenvalue weighted by molar-refractivity contribution is -0.108. The summed E-state index contributed by atoms with van der Waals surface area (Å²) in [5.41, 5.74) is 3.89. The number of nitrogens with zero attached hydrogens (tertiary/aromatic N) is 4. The number of nitrogens with one attached hydrogen (secondary N) is 2. The van der Waals surface area contributed by atoms with Crippen molar-refractivity contribution in [3.05, 3.63) is 70.3 Å². The highest BCUT2D eigenvalue weighted by Gasteiger charge is 2.56. The van der Waals surface area contributed by atoms with Crippen molar-refractivity contribution in [1.82, 2.24) is 19.8 Å². The lowest BCUT2D eigenvalue weighted by atomic mass is 9.45. The van der Waals surface area contributed by atoms with Gasteiger partial charge in [0, 0.05) is 37.8 Å². The summed E-state index contributed by atoms with van der Waals surface area (Å²) in [7, 11) is 0. The quantitative estimate of drug-likeness (QED) is 0.334. The van der Waals surface area contributed by atoms with E-state index in [0.717, 1.165) is 60.7 Å². The molecule has 0 amide bonds. The van der Waals surface area contributed by atoms with Crippen LogP contribution in [0.3, 0.4) is 0 Å². The second kappa shape index (κ2) is 9.95. The number of aliphatic hydroxyl groups is 1. The molecule has 1 aliphatic heterocycles. The largest absolute Gasteiger partial charge is 0.390 e. The molecule has 5 aliphatic rings. The van der Waals surface area contributed by atoms with E-state index in [1.54, 1.807) is 10.9 Å². The van der Waals surface area contributed by atoms with Crippen LogP contribution in [0.5, 0.6) is 0 Å². The summed E-state index contributed by atoms with van der Waals surface area (Å²) < 4.78 is 1.60. The first kappa shape index (κ1) is 26.7. The Bertz CT molecular complexity index is 1560. The molecule has 7 unspecified atom stereocenters. The van der Waals surface area contributed by atoms with Gasteiger partial charge in [-0.15, -0.1) is 0 Å². The second-order valence-corrected chi connectivity index (χ2v) is 13.5. The van der Waals surface area contributed by atoms with Crippen LogP contribution in [0.25, 0.3) is 10.9 Å². The molecule has 7 atom stereocenters. The van der Waals surface area contributed by atoms with E-state index in [0.29, 0.717) is 40.7 Å². The Morgan fingerprint density at radius 1 is 1.17 bits per heavy atom. The van der Waals surface area contributed by atoms with E-state index < -0.39 is 12.1 Å². The predicted molar refractivity (Wildman–Crippen MR) is 163 cm³/mol. The minimum absolute atomic E-state index is 0.134. The molecular weight excluding hydrogens is 512 g/mol. The number of aliphatic imine (C=N–C) groups is 1. The summed E-state index contributed by atoms with van der Waals surface area (Å²) in [6.45, 7) is 12.2. The summed E-state index contributed by atoms with van der Waals surface area (Å²) in [6, 6.07) is 14.0. The Morgan fingerprint density at radius 3 is 2.78 bits per heavy atom. The molecule has 2 bridgehead atoms. The first-order valence-electron chi connectivity index (χ1n) is 15.3. The van der Waals surface area contributed by atoms with Crippen molar-refractivity contribution in [3.8, 4) is 0 Å². The molecule has 8 heteroatoms. The van der Waals surface area contributed by atoms with Gasteiger partial charge < -0.3 is 20.6 Å². The third-order valence-electron chi connectivity index (χ3n) is 10.8. The molecule has 3 aromatic rings. The molecule has 1 aromatic heterocycles. The SMILES string of the molecule is CC1CN(C(=NC2CC3CC(C2C)C3(C)C)Nc2ccc3c(=O)n(C4c5ccccc5CC4O)cnc3c2)CCN1. The first-order chi connectivity index (χ1) is 19.7. The van der Waals surface area contributed by atoms with Gasteiger partial charge >= 0.3 is 0 Å². The van der Waals surface area contributed by atoms with E-state index in [9.17, 15) is 9.90 Å². The molecule has 3 saturated carbocycles. The molecule has 216 valence electrons. The van der Waals surface area contributed by atoms with Gasteiger partial charge in [0.05, 0.1) is 35.4 Å². The number of fused-ring (bicyclic) bond motifs is 4. The van der Waals surface area contributed by atoms with Crippen molar-refractivity contribution in [2.45, 2.75) is 71.2 Å². The molecule has 41 heavy (non-hydrogen) atoms. The normalized spacial score (nSPS) is 32.5. The molecule has 8 rings (SSSR count). The number of guanidine groups is 1. The molecule has 2 aromatic carbocycles. The third-order valence-corrected chi connectivity index (χ3v) is 10.8. The maximum absolute atomic E-state index is 13.6. The standard InChI is InChI=1S/C33H42N6O2/c1-19-17-38(12-11-34-19)32(37-27-15-22-14-26(20(27)2)33(22,3)4)36-23-9-10-25-28(16-23)35-18-39(31(25)41)30-24-8-6-5-7-21(24)13-29(30)40/h5-10,16,18-20,22,26-27,29-30,34,40H,11-15,17H2,1-4H3,(H,36,37). The van der Waals surface area contributed by atoms with Gasteiger partial charge in [-0.3, -0.25) is 9.36 Å². The number of benzene rings is 2. The van der Waals surface area contributed by atoms with E-state index in [4.69, 9.17) is 9.98 Å². The third kappa shape index (κ3) is 4.47. The van der Waals surface area contributed by atoms with Gasteiger partial charge in [-0.1, -0.05) is 45.0 Å². The highest BCUT2D eigenvalue weighted by molar-refractivity contribution is 5.96. The fourth-order valence-electron chi connectivity index (χ4n) is 8.20. The van der Waals surface area contributed by atoms with Crippen molar-refractivity contribution < 1.29 is 5.11 Å². The second-order valence-electron chi connectivity index (χ2n) is 13.5. The summed E-state index contributed by atoms with van der Waals surface area (Å²) in [5, 5.41) is 18.6. The molecule has 0 radical (unpaired) electrons.